The van der Waals surface area contributed by atoms with Crippen molar-refractivity contribution in [2.75, 3.05) is 0 Å². The van der Waals surface area contributed by atoms with Crippen LogP contribution in [0.1, 0.15) is 28.7 Å². The van der Waals surface area contributed by atoms with E-state index in [9.17, 15) is 0 Å². The minimum atomic E-state index is -0.206. The van der Waals surface area contributed by atoms with Gasteiger partial charge in [-0.2, -0.15) is 0 Å². The molecule has 6 nitrogen and oxygen atoms in total. The molecule has 4 aliphatic rings. The van der Waals surface area contributed by atoms with Crippen LogP contribution in [0.25, 0.3) is 34.2 Å². The Morgan fingerprint density at radius 2 is 1.20 bits per heavy atom. The van der Waals surface area contributed by atoms with Gasteiger partial charge in [-0.25, -0.2) is 19.9 Å². The topological polar surface area (TPSA) is 72.6 Å². The largest absolute Gasteiger partial charge is 0.484 e. The van der Waals surface area contributed by atoms with Gasteiger partial charge in [0.05, 0.1) is 17.0 Å². The standard InChI is InChI=1S/C43H29N5OS/c1-4-13-26(14-5-1)40-44-36-31-19-10-11-22-35(31)50-39(36)37(45-40)32-21-12-20-30-33-25-29(23-24-34(33)49-38(30)32)43-47-41(27-15-6-2-7-16-27)46-42(48-43)28-17-8-3-9-18-28/h1-25,30,36,38-39H. The van der Waals surface area contributed by atoms with E-state index in [1.807, 2.05) is 90.6 Å². The summed E-state index contributed by atoms with van der Waals surface area (Å²) < 4.78 is 6.82. The van der Waals surface area contributed by atoms with Crippen molar-refractivity contribution in [3.8, 4) is 39.9 Å². The second-order valence-corrected chi connectivity index (χ2v) is 13.9. The molecule has 5 aromatic carbocycles. The number of ether oxygens (including phenoxy) is 1. The number of fused-ring (bicyclic) bond motifs is 6. The van der Waals surface area contributed by atoms with Crippen LogP contribution in [-0.2, 0) is 0 Å². The maximum Gasteiger partial charge on any atom is 0.164 e. The summed E-state index contributed by atoms with van der Waals surface area (Å²) in [6.07, 6.45) is 6.38. The summed E-state index contributed by atoms with van der Waals surface area (Å²) in [5.74, 6) is 3.56. The lowest BCUT2D eigenvalue weighted by molar-refractivity contribution is 0.261. The highest BCUT2D eigenvalue weighted by atomic mass is 32.2. The molecule has 0 spiro atoms. The number of aromatic nitrogens is 3. The molecule has 7 heteroatoms. The van der Waals surface area contributed by atoms with Gasteiger partial charge in [-0.3, -0.25) is 4.99 Å². The van der Waals surface area contributed by atoms with Crippen LogP contribution in [0.3, 0.4) is 0 Å². The third-order valence-corrected chi connectivity index (χ3v) is 11.0. The number of hydrogen-bond donors (Lipinski definition) is 0. The maximum absolute atomic E-state index is 6.82. The average Bonchev–Trinajstić information content (AvgIpc) is 3.77. The second-order valence-electron chi connectivity index (χ2n) is 12.7. The van der Waals surface area contributed by atoms with E-state index in [4.69, 9.17) is 29.7 Å². The minimum Gasteiger partial charge on any atom is -0.484 e. The van der Waals surface area contributed by atoms with Crippen LogP contribution < -0.4 is 4.74 Å². The fourth-order valence-corrected chi connectivity index (χ4v) is 8.66. The van der Waals surface area contributed by atoms with Crippen molar-refractivity contribution >= 4 is 23.3 Å². The van der Waals surface area contributed by atoms with Crippen molar-refractivity contribution in [2.45, 2.75) is 28.2 Å². The SMILES string of the molecule is C1=CC2c3cc(-c4nc(-c5ccccc5)nc(-c5ccccc5)n4)ccc3OC2C(C2=NC(c3ccccc3)=NC3c4ccccc4SC23)=C1. The Kier molecular flexibility index (Phi) is 6.91. The summed E-state index contributed by atoms with van der Waals surface area (Å²) in [4.78, 5) is 26.6. The van der Waals surface area contributed by atoms with E-state index in [1.54, 1.807) is 0 Å². The van der Waals surface area contributed by atoms with Crippen LogP contribution in [0.4, 0.5) is 0 Å². The van der Waals surface area contributed by atoms with Crippen molar-refractivity contribution < 1.29 is 4.74 Å². The van der Waals surface area contributed by atoms with Crippen LogP contribution in [0, 0.1) is 0 Å². The summed E-state index contributed by atoms with van der Waals surface area (Å²) in [6, 6.07) is 45.3. The molecule has 0 N–H and O–H groups in total. The van der Waals surface area contributed by atoms with E-state index in [-0.39, 0.29) is 23.3 Å². The van der Waals surface area contributed by atoms with Gasteiger partial charge in [0.1, 0.15) is 11.9 Å². The Morgan fingerprint density at radius 1 is 0.580 bits per heavy atom. The Labute approximate surface area is 294 Å². The van der Waals surface area contributed by atoms with Gasteiger partial charge in [0.2, 0.25) is 0 Å². The van der Waals surface area contributed by atoms with Crippen molar-refractivity contribution in [2.24, 2.45) is 9.98 Å². The van der Waals surface area contributed by atoms with Crippen molar-refractivity contribution in [1.82, 2.24) is 15.0 Å². The first-order chi connectivity index (χ1) is 24.8. The molecular formula is C43H29N5OS. The Balaban J connectivity index is 1.03. The number of thioether (sulfide) groups is 1. The zero-order chi connectivity index (χ0) is 33.0. The van der Waals surface area contributed by atoms with Gasteiger partial charge in [-0.05, 0) is 29.8 Å². The lowest BCUT2D eigenvalue weighted by Gasteiger charge is -2.30. The lowest BCUT2D eigenvalue weighted by Crippen LogP contribution is -2.36. The molecule has 10 rings (SSSR count). The number of allylic oxidation sites excluding steroid dienone is 2. The highest BCUT2D eigenvalue weighted by Gasteiger charge is 2.45. The fourth-order valence-electron chi connectivity index (χ4n) is 7.27. The van der Waals surface area contributed by atoms with Gasteiger partial charge < -0.3 is 4.74 Å². The first kappa shape index (κ1) is 29.0. The molecule has 4 unspecified atom stereocenters. The van der Waals surface area contributed by atoms with Gasteiger partial charge in [0, 0.05) is 44.2 Å². The Morgan fingerprint density at radius 3 is 1.90 bits per heavy atom. The molecule has 4 atom stereocenters. The fraction of sp³-hybridized carbons (Fsp3) is 0.0930. The summed E-state index contributed by atoms with van der Waals surface area (Å²) >= 11 is 1.85. The van der Waals surface area contributed by atoms with Gasteiger partial charge in [-0.1, -0.05) is 127 Å². The van der Waals surface area contributed by atoms with E-state index in [0.29, 0.717) is 17.5 Å². The predicted octanol–water partition coefficient (Wildman–Crippen LogP) is 9.33. The van der Waals surface area contributed by atoms with Gasteiger partial charge in [-0.15, -0.1) is 11.8 Å². The number of aliphatic imine (C=N–C) groups is 2. The summed E-state index contributed by atoms with van der Waals surface area (Å²) in [6.45, 7) is 0. The third-order valence-electron chi connectivity index (χ3n) is 9.67. The molecule has 238 valence electrons. The van der Waals surface area contributed by atoms with E-state index in [1.165, 1.54) is 10.5 Å². The number of amidine groups is 1. The summed E-state index contributed by atoms with van der Waals surface area (Å²) in [7, 11) is 0. The maximum atomic E-state index is 6.82. The number of hydrogen-bond acceptors (Lipinski definition) is 7. The molecule has 0 bridgehead atoms. The van der Waals surface area contributed by atoms with Gasteiger partial charge >= 0.3 is 0 Å². The molecule has 0 saturated carbocycles. The van der Waals surface area contributed by atoms with Crippen molar-refractivity contribution in [3.05, 3.63) is 174 Å². The molecule has 0 saturated heterocycles. The van der Waals surface area contributed by atoms with Crippen molar-refractivity contribution in [1.29, 1.82) is 0 Å². The molecule has 0 amide bonds. The molecule has 50 heavy (non-hydrogen) atoms. The third kappa shape index (κ3) is 4.92. The minimum absolute atomic E-state index is 0.0130. The van der Waals surface area contributed by atoms with Gasteiger partial charge in [0.15, 0.2) is 23.3 Å². The quantitative estimate of drug-likeness (QED) is 0.184. The first-order valence-electron chi connectivity index (χ1n) is 16.8. The number of rotatable bonds is 5. The number of nitrogens with zero attached hydrogens (tertiary/aromatic N) is 5. The lowest BCUT2D eigenvalue weighted by atomic mass is 9.82. The van der Waals surface area contributed by atoms with Crippen LogP contribution in [0.2, 0.25) is 0 Å². The van der Waals surface area contributed by atoms with Crippen LogP contribution in [0.5, 0.6) is 5.75 Å². The highest BCUT2D eigenvalue weighted by Crippen LogP contribution is 2.52. The molecule has 1 aromatic heterocycles. The van der Waals surface area contributed by atoms with Crippen LogP contribution in [0.15, 0.2) is 172 Å². The zero-order valence-corrected chi connectivity index (χ0v) is 27.6. The molecule has 0 fully saturated rings. The summed E-state index contributed by atoms with van der Waals surface area (Å²) in [5, 5.41) is 0.0687. The predicted molar refractivity (Wildman–Crippen MR) is 200 cm³/mol. The average molecular weight is 664 g/mol. The van der Waals surface area contributed by atoms with E-state index >= 15 is 0 Å². The van der Waals surface area contributed by atoms with Crippen LogP contribution in [-0.4, -0.2) is 37.9 Å². The van der Waals surface area contributed by atoms with E-state index < -0.39 is 0 Å². The molecule has 1 aliphatic carbocycles. The molecule has 4 heterocycles. The van der Waals surface area contributed by atoms with E-state index in [0.717, 1.165) is 50.7 Å². The normalized spacial score (nSPS) is 21.2. The van der Waals surface area contributed by atoms with Crippen LogP contribution >= 0.6 is 11.8 Å². The highest BCUT2D eigenvalue weighted by molar-refractivity contribution is 8.01. The van der Waals surface area contributed by atoms with E-state index in [2.05, 4.69) is 72.8 Å². The first-order valence-corrected chi connectivity index (χ1v) is 17.7. The Hall–Kier alpha value is -5.92. The monoisotopic (exact) mass is 663 g/mol. The molecule has 6 aromatic rings. The zero-order valence-electron chi connectivity index (χ0n) is 26.8. The Bertz CT molecular complexity index is 2350. The molecule has 3 aliphatic heterocycles. The van der Waals surface area contributed by atoms with Gasteiger partial charge in [0.25, 0.3) is 0 Å². The second kappa shape index (κ2) is 11.9. The summed E-state index contributed by atoms with van der Waals surface area (Å²) in [5.41, 5.74) is 8.34. The number of benzene rings is 5. The molecule has 0 radical (unpaired) electrons. The van der Waals surface area contributed by atoms with Crippen molar-refractivity contribution in [3.63, 3.8) is 0 Å². The smallest absolute Gasteiger partial charge is 0.164 e. The molecular weight excluding hydrogens is 635 g/mol.